The predicted octanol–water partition coefficient (Wildman–Crippen LogP) is 4.51. The maximum absolute atomic E-state index is 12.6. The summed E-state index contributed by atoms with van der Waals surface area (Å²) in [5.41, 5.74) is 6.34. The van der Waals surface area contributed by atoms with Crippen LogP contribution in [0.5, 0.6) is 0 Å². The Hall–Kier alpha value is -0.250. The molecule has 0 bridgehead atoms. The Bertz CT molecular complexity index is 274. The number of rotatable bonds is 2. The molecule has 2 saturated carbocycles. The number of hydrogen-bond acceptors (Lipinski definition) is 1. The van der Waals surface area contributed by atoms with Crippen LogP contribution in [0.2, 0.25) is 0 Å². The quantitative estimate of drug-likeness (QED) is 0.789. The van der Waals surface area contributed by atoms with Gasteiger partial charge in [0.15, 0.2) is 0 Å². The lowest BCUT2D eigenvalue weighted by molar-refractivity contribution is -0.184. The zero-order valence-electron chi connectivity index (χ0n) is 11.8. The summed E-state index contributed by atoms with van der Waals surface area (Å²) in [6.07, 6.45) is 2.69. The Morgan fingerprint density at radius 2 is 1.26 bits per heavy atom. The second kappa shape index (κ2) is 6.02. The molecule has 19 heavy (non-hydrogen) atoms. The third kappa shape index (κ3) is 3.87. The van der Waals surface area contributed by atoms with E-state index >= 15 is 0 Å². The van der Waals surface area contributed by atoms with Gasteiger partial charge in [-0.2, -0.15) is 13.2 Å². The fourth-order valence-corrected chi connectivity index (χ4v) is 3.89. The Morgan fingerprint density at radius 3 is 1.68 bits per heavy atom. The summed E-state index contributed by atoms with van der Waals surface area (Å²) in [5.74, 6) is 0.576. The van der Waals surface area contributed by atoms with Crippen molar-refractivity contribution in [3.05, 3.63) is 0 Å². The minimum atomic E-state index is -4.00. The fourth-order valence-electron chi connectivity index (χ4n) is 3.89. The van der Waals surface area contributed by atoms with Crippen LogP contribution in [0, 0.1) is 23.7 Å². The zero-order chi connectivity index (χ0) is 14.0. The van der Waals surface area contributed by atoms with E-state index in [1.54, 1.807) is 0 Å². The first-order chi connectivity index (χ1) is 8.88. The van der Waals surface area contributed by atoms with Crippen molar-refractivity contribution in [1.29, 1.82) is 0 Å². The molecule has 2 aliphatic carbocycles. The van der Waals surface area contributed by atoms with Crippen LogP contribution >= 0.6 is 0 Å². The molecule has 0 radical (unpaired) electrons. The Kier molecular flexibility index (Phi) is 4.80. The van der Waals surface area contributed by atoms with Crippen molar-refractivity contribution < 1.29 is 13.2 Å². The van der Waals surface area contributed by atoms with Crippen LogP contribution < -0.4 is 5.73 Å². The maximum atomic E-state index is 12.6. The van der Waals surface area contributed by atoms with Crippen LogP contribution in [0.25, 0.3) is 0 Å². The molecule has 4 heteroatoms. The Morgan fingerprint density at radius 1 is 0.842 bits per heavy atom. The summed E-state index contributed by atoms with van der Waals surface area (Å²) in [4.78, 5) is 0. The molecule has 0 spiro atoms. The van der Waals surface area contributed by atoms with Gasteiger partial charge in [-0.25, -0.2) is 0 Å². The standard InChI is InChI=1S/C15H26F3N/c1-10-2-4-11(5-3-10)14(19)12-6-8-13(9-7-12)15(16,17)18/h10-14H,2-9,19H2,1H3. The van der Waals surface area contributed by atoms with E-state index < -0.39 is 12.1 Å². The Balaban J connectivity index is 1.81. The molecular formula is C15H26F3N. The van der Waals surface area contributed by atoms with Crippen LogP contribution in [-0.4, -0.2) is 12.2 Å². The Labute approximate surface area is 114 Å². The minimum absolute atomic E-state index is 0.127. The van der Waals surface area contributed by atoms with Crippen molar-refractivity contribution >= 4 is 0 Å². The first-order valence-corrected chi connectivity index (χ1v) is 7.70. The van der Waals surface area contributed by atoms with Gasteiger partial charge in [0.1, 0.15) is 0 Å². The molecule has 2 fully saturated rings. The lowest BCUT2D eigenvalue weighted by atomic mass is 9.70. The van der Waals surface area contributed by atoms with Crippen molar-refractivity contribution in [2.45, 2.75) is 70.5 Å². The molecule has 0 aliphatic heterocycles. The van der Waals surface area contributed by atoms with Gasteiger partial charge in [0.25, 0.3) is 0 Å². The highest BCUT2D eigenvalue weighted by Crippen LogP contribution is 2.42. The number of halogens is 3. The van der Waals surface area contributed by atoms with Gasteiger partial charge in [-0.15, -0.1) is 0 Å². The average molecular weight is 277 g/mol. The van der Waals surface area contributed by atoms with Crippen LogP contribution in [0.1, 0.15) is 58.3 Å². The highest BCUT2D eigenvalue weighted by molar-refractivity contribution is 4.87. The van der Waals surface area contributed by atoms with Crippen LogP contribution in [0.4, 0.5) is 13.2 Å². The molecule has 112 valence electrons. The first kappa shape index (κ1) is 15.1. The van der Waals surface area contributed by atoms with Gasteiger partial charge in [0.05, 0.1) is 5.92 Å². The molecule has 0 aromatic heterocycles. The van der Waals surface area contributed by atoms with Gasteiger partial charge in [0, 0.05) is 6.04 Å². The normalized spacial score (nSPS) is 39.0. The van der Waals surface area contributed by atoms with E-state index in [1.165, 1.54) is 25.7 Å². The van der Waals surface area contributed by atoms with Crippen molar-refractivity contribution in [2.24, 2.45) is 29.4 Å². The van der Waals surface area contributed by atoms with Gasteiger partial charge >= 0.3 is 6.18 Å². The molecule has 1 unspecified atom stereocenters. The molecule has 1 nitrogen and oxygen atoms in total. The zero-order valence-corrected chi connectivity index (χ0v) is 11.8. The molecular weight excluding hydrogens is 251 g/mol. The molecule has 1 atom stereocenters. The number of alkyl halides is 3. The summed E-state index contributed by atoms with van der Waals surface area (Å²) < 4.78 is 37.9. The predicted molar refractivity (Wildman–Crippen MR) is 70.6 cm³/mol. The van der Waals surface area contributed by atoms with Gasteiger partial charge < -0.3 is 5.73 Å². The van der Waals surface area contributed by atoms with Crippen LogP contribution in [0.15, 0.2) is 0 Å². The summed E-state index contributed by atoms with van der Waals surface area (Å²) in [6.45, 7) is 2.27. The van der Waals surface area contributed by atoms with Gasteiger partial charge in [-0.05, 0) is 56.3 Å². The summed E-state index contributed by atoms with van der Waals surface area (Å²) in [5, 5.41) is 0. The summed E-state index contributed by atoms with van der Waals surface area (Å²) in [7, 11) is 0. The molecule has 0 saturated heterocycles. The van der Waals surface area contributed by atoms with E-state index in [-0.39, 0.29) is 18.9 Å². The molecule has 2 aliphatic rings. The van der Waals surface area contributed by atoms with E-state index in [0.717, 1.165) is 5.92 Å². The van der Waals surface area contributed by atoms with Crippen molar-refractivity contribution in [1.82, 2.24) is 0 Å². The maximum Gasteiger partial charge on any atom is 0.391 e. The molecule has 0 aromatic rings. The second-order valence-electron chi connectivity index (χ2n) is 6.75. The number of nitrogens with two attached hydrogens (primary N) is 1. The number of hydrogen-bond donors (Lipinski definition) is 1. The average Bonchev–Trinajstić information content (AvgIpc) is 2.38. The van der Waals surface area contributed by atoms with Gasteiger partial charge in [-0.3, -0.25) is 0 Å². The van der Waals surface area contributed by atoms with Crippen molar-refractivity contribution in [3.8, 4) is 0 Å². The highest BCUT2D eigenvalue weighted by atomic mass is 19.4. The SMILES string of the molecule is CC1CCC(C(N)C2CCC(C(F)(F)F)CC2)CC1. The van der Waals surface area contributed by atoms with Crippen molar-refractivity contribution in [3.63, 3.8) is 0 Å². The summed E-state index contributed by atoms with van der Waals surface area (Å²) in [6, 6.07) is 0.127. The topological polar surface area (TPSA) is 26.0 Å². The van der Waals surface area contributed by atoms with E-state index in [2.05, 4.69) is 6.92 Å². The molecule has 2 N–H and O–H groups in total. The smallest absolute Gasteiger partial charge is 0.327 e. The minimum Gasteiger partial charge on any atom is -0.327 e. The van der Waals surface area contributed by atoms with Crippen LogP contribution in [0.3, 0.4) is 0 Å². The summed E-state index contributed by atoms with van der Waals surface area (Å²) >= 11 is 0. The fraction of sp³-hybridized carbons (Fsp3) is 1.00. The van der Waals surface area contributed by atoms with E-state index in [0.29, 0.717) is 24.7 Å². The molecule has 2 rings (SSSR count). The van der Waals surface area contributed by atoms with Gasteiger partial charge in [-0.1, -0.05) is 19.8 Å². The lowest BCUT2D eigenvalue weighted by Crippen LogP contribution is -2.42. The second-order valence-corrected chi connectivity index (χ2v) is 6.75. The van der Waals surface area contributed by atoms with Crippen molar-refractivity contribution in [2.75, 3.05) is 0 Å². The molecule has 0 heterocycles. The van der Waals surface area contributed by atoms with E-state index in [9.17, 15) is 13.2 Å². The largest absolute Gasteiger partial charge is 0.391 e. The molecule has 0 amide bonds. The first-order valence-electron chi connectivity index (χ1n) is 7.70. The molecule has 0 aromatic carbocycles. The van der Waals surface area contributed by atoms with E-state index in [4.69, 9.17) is 5.73 Å². The van der Waals surface area contributed by atoms with E-state index in [1.807, 2.05) is 0 Å². The third-order valence-electron chi connectivity index (χ3n) is 5.38. The van der Waals surface area contributed by atoms with Gasteiger partial charge in [0.2, 0.25) is 0 Å². The lowest BCUT2D eigenvalue weighted by Gasteiger charge is -2.38. The monoisotopic (exact) mass is 277 g/mol. The third-order valence-corrected chi connectivity index (χ3v) is 5.38. The highest BCUT2D eigenvalue weighted by Gasteiger charge is 2.42. The van der Waals surface area contributed by atoms with Crippen LogP contribution in [-0.2, 0) is 0 Å².